The van der Waals surface area contributed by atoms with E-state index in [0.717, 1.165) is 11.0 Å². The van der Waals surface area contributed by atoms with Gasteiger partial charge in [0.2, 0.25) is 0 Å². The summed E-state index contributed by atoms with van der Waals surface area (Å²) in [5.74, 6) is 1.24. The fourth-order valence-corrected chi connectivity index (χ4v) is 4.00. The summed E-state index contributed by atoms with van der Waals surface area (Å²) < 4.78 is 8.47. The molecule has 0 amide bonds. The van der Waals surface area contributed by atoms with Crippen molar-refractivity contribution in [3.63, 3.8) is 0 Å². The summed E-state index contributed by atoms with van der Waals surface area (Å²) in [7, 11) is 3.18. The number of hydrogen-bond acceptors (Lipinski definition) is 6. The van der Waals surface area contributed by atoms with Crippen LogP contribution in [0.1, 0.15) is 24.4 Å². The molecule has 3 aromatic rings. The molecule has 1 aliphatic heterocycles. The number of hydrogen-bond donors (Lipinski definition) is 0. The van der Waals surface area contributed by atoms with E-state index in [1.54, 1.807) is 24.8 Å². The van der Waals surface area contributed by atoms with Gasteiger partial charge in [0.25, 0.3) is 0 Å². The molecule has 8 nitrogen and oxygen atoms in total. The Morgan fingerprint density at radius 2 is 1.83 bits per heavy atom. The molecule has 1 fully saturated rings. The van der Waals surface area contributed by atoms with Crippen molar-refractivity contribution in [3.05, 3.63) is 62.8 Å². The van der Waals surface area contributed by atoms with Gasteiger partial charge in [-0.25, -0.2) is 4.98 Å². The smallest absolute Gasteiger partial charge is 0.317 e. The molecular formula is C21H21N5O3. The van der Waals surface area contributed by atoms with Crippen molar-refractivity contribution in [2.24, 2.45) is 7.05 Å². The normalized spacial score (nSPS) is 14.7. The summed E-state index contributed by atoms with van der Waals surface area (Å²) in [5.41, 5.74) is 0.959. The molecule has 0 aliphatic carbocycles. The average molecular weight is 391 g/mol. The summed E-state index contributed by atoms with van der Waals surface area (Å²) in [6.45, 7) is 1.33. The highest BCUT2D eigenvalue weighted by atomic mass is 16.5. The molecule has 29 heavy (non-hydrogen) atoms. The quantitative estimate of drug-likeness (QED) is 0.632. The summed E-state index contributed by atoms with van der Waals surface area (Å²) in [6, 6.07) is 11.1. The van der Waals surface area contributed by atoms with E-state index in [1.807, 2.05) is 24.3 Å². The van der Waals surface area contributed by atoms with Crippen molar-refractivity contribution in [1.82, 2.24) is 14.1 Å². The van der Waals surface area contributed by atoms with Gasteiger partial charge in [0.05, 0.1) is 23.7 Å². The maximum absolute atomic E-state index is 12.8. The zero-order valence-electron chi connectivity index (χ0n) is 16.3. The first-order valence-electron chi connectivity index (χ1n) is 9.44. The first-order valence-corrected chi connectivity index (χ1v) is 9.44. The number of methoxy groups -OCH3 is 1. The zero-order chi connectivity index (χ0) is 20.5. The van der Waals surface area contributed by atoms with Gasteiger partial charge in [0, 0.05) is 38.4 Å². The van der Waals surface area contributed by atoms with Gasteiger partial charge in [0.15, 0.2) is 11.6 Å². The van der Waals surface area contributed by atoms with Crippen molar-refractivity contribution in [2.75, 3.05) is 25.1 Å². The number of ether oxygens (including phenoxy) is 1. The predicted molar refractivity (Wildman–Crippen MR) is 109 cm³/mol. The van der Waals surface area contributed by atoms with Gasteiger partial charge in [-0.3, -0.25) is 14.2 Å². The van der Waals surface area contributed by atoms with Crippen LogP contribution in [0.25, 0.3) is 11.0 Å². The molecule has 148 valence electrons. The van der Waals surface area contributed by atoms with E-state index in [1.165, 1.54) is 10.8 Å². The van der Waals surface area contributed by atoms with Crippen molar-refractivity contribution >= 4 is 16.9 Å². The SMILES string of the molecule is COc1cc(C#N)cnc1N1CCC(n2c(=O)c(=O)n(C)c3ccccc32)CC1. The molecule has 0 N–H and O–H groups in total. The Bertz CT molecular complexity index is 1230. The van der Waals surface area contributed by atoms with Crippen LogP contribution in [0.15, 0.2) is 46.1 Å². The number of para-hydroxylation sites is 2. The number of aryl methyl sites for hydroxylation is 1. The summed E-state index contributed by atoms with van der Waals surface area (Å²) in [4.78, 5) is 31.7. The summed E-state index contributed by atoms with van der Waals surface area (Å²) in [6.07, 6.45) is 2.92. The Hall–Kier alpha value is -3.60. The van der Waals surface area contributed by atoms with Crippen LogP contribution in [-0.2, 0) is 7.05 Å². The highest BCUT2D eigenvalue weighted by Gasteiger charge is 2.26. The highest BCUT2D eigenvalue weighted by molar-refractivity contribution is 5.75. The minimum absolute atomic E-state index is 0.0677. The number of pyridine rings is 1. The molecule has 3 heterocycles. The number of benzene rings is 1. The lowest BCUT2D eigenvalue weighted by Gasteiger charge is -2.34. The molecule has 1 aromatic carbocycles. The van der Waals surface area contributed by atoms with Crippen molar-refractivity contribution in [1.29, 1.82) is 5.26 Å². The van der Waals surface area contributed by atoms with Gasteiger partial charge in [-0.15, -0.1) is 0 Å². The van der Waals surface area contributed by atoms with Gasteiger partial charge < -0.3 is 14.2 Å². The second kappa shape index (κ2) is 7.43. The molecule has 8 heteroatoms. The molecule has 0 unspecified atom stereocenters. The van der Waals surface area contributed by atoms with Crippen LogP contribution < -0.4 is 20.8 Å². The van der Waals surface area contributed by atoms with Crippen LogP contribution in [0.2, 0.25) is 0 Å². The van der Waals surface area contributed by atoms with E-state index < -0.39 is 11.1 Å². The minimum atomic E-state index is -0.512. The average Bonchev–Trinajstić information content (AvgIpc) is 2.77. The largest absolute Gasteiger partial charge is 0.493 e. The molecule has 0 spiro atoms. The van der Waals surface area contributed by atoms with Crippen LogP contribution in [-0.4, -0.2) is 34.3 Å². The number of rotatable bonds is 3. The van der Waals surface area contributed by atoms with Crippen LogP contribution in [0.5, 0.6) is 5.75 Å². The number of anilines is 1. The number of nitrogens with zero attached hydrogens (tertiary/aromatic N) is 5. The first kappa shape index (κ1) is 18.7. The Morgan fingerprint density at radius 3 is 2.48 bits per heavy atom. The fraction of sp³-hybridized carbons (Fsp3) is 0.333. The third-order valence-corrected chi connectivity index (χ3v) is 5.52. The van der Waals surface area contributed by atoms with Gasteiger partial charge in [-0.05, 0) is 25.0 Å². The summed E-state index contributed by atoms with van der Waals surface area (Å²) >= 11 is 0. The predicted octanol–water partition coefficient (Wildman–Crippen LogP) is 1.82. The van der Waals surface area contributed by atoms with E-state index in [-0.39, 0.29) is 6.04 Å². The van der Waals surface area contributed by atoms with Crippen LogP contribution in [0, 0.1) is 11.3 Å². The van der Waals surface area contributed by atoms with E-state index in [4.69, 9.17) is 10.00 Å². The molecule has 0 atom stereocenters. The molecule has 0 radical (unpaired) electrons. The molecule has 1 saturated heterocycles. The molecule has 0 saturated carbocycles. The Morgan fingerprint density at radius 1 is 1.14 bits per heavy atom. The number of nitriles is 1. The van der Waals surface area contributed by atoms with Crippen molar-refractivity contribution in [2.45, 2.75) is 18.9 Å². The Labute approximate surface area is 167 Å². The van der Waals surface area contributed by atoms with Gasteiger partial charge >= 0.3 is 11.1 Å². The minimum Gasteiger partial charge on any atom is -0.493 e. The van der Waals surface area contributed by atoms with E-state index in [2.05, 4.69) is 16.0 Å². The van der Waals surface area contributed by atoms with Gasteiger partial charge in [-0.2, -0.15) is 5.26 Å². The van der Waals surface area contributed by atoms with E-state index in [0.29, 0.717) is 43.1 Å². The maximum atomic E-state index is 12.8. The third kappa shape index (κ3) is 3.14. The topological polar surface area (TPSA) is 93.2 Å². The maximum Gasteiger partial charge on any atom is 0.317 e. The van der Waals surface area contributed by atoms with Gasteiger partial charge in [0.1, 0.15) is 6.07 Å². The van der Waals surface area contributed by atoms with Crippen LogP contribution in [0.3, 0.4) is 0 Å². The highest BCUT2D eigenvalue weighted by Crippen LogP contribution is 2.32. The fourth-order valence-electron chi connectivity index (χ4n) is 4.00. The molecule has 4 rings (SSSR count). The summed E-state index contributed by atoms with van der Waals surface area (Å²) in [5, 5.41) is 9.06. The first-order chi connectivity index (χ1) is 14.0. The number of aromatic nitrogens is 3. The lowest BCUT2D eigenvalue weighted by atomic mass is 10.0. The standard InChI is InChI=1S/C21H21N5O3/c1-24-16-5-3-4-6-17(16)26(21(28)20(24)27)15-7-9-25(10-8-15)19-18(29-2)11-14(12-22)13-23-19/h3-6,11,13,15H,7-10H2,1-2H3. The number of piperidine rings is 1. The van der Waals surface area contributed by atoms with Gasteiger partial charge in [-0.1, -0.05) is 12.1 Å². The Balaban J connectivity index is 1.66. The Kier molecular flexibility index (Phi) is 4.80. The molecule has 2 aromatic heterocycles. The lowest BCUT2D eigenvalue weighted by molar-refractivity contribution is 0.382. The van der Waals surface area contributed by atoms with Crippen molar-refractivity contribution in [3.8, 4) is 11.8 Å². The third-order valence-electron chi connectivity index (χ3n) is 5.52. The van der Waals surface area contributed by atoms with E-state index in [9.17, 15) is 9.59 Å². The monoisotopic (exact) mass is 391 g/mol. The zero-order valence-corrected chi connectivity index (χ0v) is 16.3. The van der Waals surface area contributed by atoms with Crippen LogP contribution in [0.4, 0.5) is 5.82 Å². The van der Waals surface area contributed by atoms with E-state index >= 15 is 0 Å². The lowest BCUT2D eigenvalue weighted by Crippen LogP contribution is -2.45. The second-order valence-electron chi connectivity index (χ2n) is 7.11. The van der Waals surface area contributed by atoms with Crippen LogP contribution >= 0.6 is 0 Å². The molecule has 0 bridgehead atoms. The van der Waals surface area contributed by atoms with Crippen molar-refractivity contribution < 1.29 is 4.74 Å². The molecular weight excluding hydrogens is 370 g/mol. The second-order valence-corrected chi connectivity index (χ2v) is 7.11. The molecule has 1 aliphatic rings. The number of fused-ring (bicyclic) bond motifs is 1.